The highest BCUT2D eigenvalue weighted by molar-refractivity contribution is 5.78. The van der Waals surface area contributed by atoms with Crippen LogP contribution in [0.2, 0.25) is 0 Å². The van der Waals surface area contributed by atoms with E-state index in [1.807, 2.05) is 45.3 Å². The quantitative estimate of drug-likeness (QED) is 0.400. The van der Waals surface area contributed by atoms with Gasteiger partial charge in [-0.1, -0.05) is 0 Å². The Kier molecular flexibility index (Phi) is 5.69. The predicted octanol–water partition coefficient (Wildman–Crippen LogP) is 3.80. The second-order valence-corrected chi connectivity index (χ2v) is 8.42. The zero-order valence-electron chi connectivity index (χ0n) is 19.8. The number of anilines is 1. The summed E-state index contributed by atoms with van der Waals surface area (Å²) in [4.78, 5) is 30.9. The number of rotatable bonds is 6. The fourth-order valence-corrected chi connectivity index (χ4v) is 3.62. The molecule has 0 amide bonds. The molecule has 5 heterocycles. The van der Waals surface area contributed by atoms with Crippen molar-refractivity contribution in [3.05, 3.63) is 71.5 Å². The summed E-state index contributed by atoms with van der Waals surface area (Å²) in [6, 6.07) is 10.9. The summed E-state index contributed by atoms with van der Waals surface area (Å²) < 4.78 is 9.19. The van der Waals surface area contributed by atoms with Gasteiger partial charge < -0.3 is 10.1 Å². The van der Waals surface area contributed by atoms with Gasteiger partial charge in [0.25, 0.3) is 5.56 Å². The van der Waals surface area contributed by atoms with E-state index in [1.165, 1.54) is 4.57 Å². The van der Waals surface area contributed by atoms with Crippen LogP contribution in [0, 0.1) is 0 Å². The molecule has 0 aliphatic rings. The Hall–Kier alpha value is -4.60. The zero-order valence-corrected chi connectivity index (χ0v) is 19.8. The van der Waals surface area contributed by atoms with E-state index >= 15 is 0 Å². The number of hydrogen-bond donors (Lipinski definition) is 1. The molecule has 0 atom stereocenters. The van der Waals surface area contributed by atoms with Crippen molar-refractivity contribution in [1.82, 2.24) is 34.3 Å². The van der Waals surface area contributed by atoms with Crippen LogP contribution in [0.25, 0.3) is 33.5 Å². The molecule has 10 heteroatoms. The predicted molar refractivity (Wildman–Crippen MR) is 133 cm³/mol. The molecule has 5 rings (SSSR count). The standard InChI is InChI=1S/C25H24N8O2/c1-15(2)29-25-27-13-18(24(34)33(25)4)19-5-6-21-20(30-19)7-8-23(31-21)35-17-9-10-26-22(11-17)16-12-28-32(3)14-16/h5-15H,1-4H3,(H,27,29). The second-order valence-electron chi connectivity index (χ2n) is 8.42. The van der Waals surface area contributed by atoms with E-state index in [2.05, 4.69) is 30.4 Å². The normalized spacial score (nSPS) is 11.2. The minimum absolute atomic E-state index is 0.161. The van der Waals surface area contributed by atoms with Crippen LogP contribution in [0.3, 0.4) is 0 Å². The fraction of sp³-hybridized carbons (Fsp3) is 0.200. The lowest BCUT2D eigenvalue weighted by atomic mass is 10.2. The van der Waals surface area contributed by atoms with Crippen molar-refractivity contribution in [2.24, 2.45) is 14.1 Å². The third kappa shape index (κ3) is 4.58. The molecule has 0 saturated heterocycles. The van der Waals surface area contributed by atoms with Crippen LogP contribution in [0.4, 0.5) is 5.95 Å². The van der Waals surface area contributed by atoms with Gasteiger partial charge in [-0.05, 0) is 38.1 Å². The van der Waals surface area contributed by atoms with Gasteiger partial charge in [-0.15, -0.1) is 0 Å². The van der Waals surface area contributed by atoms with Gasteiger partial charge >= 0.3 is 0 Å². The summed E-state index contributed by atoms with van der Waals surface area (Å²) in [6.45, 7) is 3.98. The molecule has 0 fully saturated rings. The van der Waals surface area contributed by atoms with Crippen molar-refractivity contribution >= 4 is 17.0 Å². The van der Waals surface area contributed by atoms with E-state index in [0.29, 0.717) is 39.9 Å². The molecule has 35 heavy (non-hydrogen) atoms. The average Bonchev–Trinajstić information content (AvgIpc) is 3.28. The van der Waals surface area contributed by atoms with Gasteiger partial charge in [0.1, 0.15) is 5.75 Å². The number of aromatic nitrogens is 7. The first-order chi connectivity index (χ1) is 16.9. The lowest BCUT2D eigenvalue weighted by molar-refractivity contribution is 0.464. The third-order valence-corrected chi connectivity index (χ3v) is 5.33. The number of nitrogens with one attached hydrogen (secondary N) is 1. The van der Waals surface area contributed by atoms with Crippen molar-refractivity contribution in [3.8, 4) is 34.1 Å². The number of aryl methyl sites for hydroxylation is 1. The number of ether oxygens (including phenoxy) is 1. The van der Waals surface area contributed by atoms with Gasteiger partial charge in [-0.2, -0.15) is 5.10 Å². The van der Waals surface area contributed by atoms with Crippen LogP contribution in [-0.2, 0) is 14.1 Å². The molecule has 0 aromatic carbocycles. The minimum Gasteiger partial charge on any atom is -0.439 e. The Labute approximate surface area is 201 Å². The molecule has 0 bridgehead atoms. The van der Waals surface area contributed by atoms with E-state index in [-0.39, 0.29) is 11.6 Å². The van der Waals surface area contributed by atoms with Gasteiger partial charge in [0.05, 0.1) is 34.2 Å². The van der Waals surface area contributed by atoms with Crippen LogP contribution in [-0.4, -0.2) is 40.3 Å². The van der Waals surface area contributed by atoms with E-state index in [0.717, 1.165) is 11.3 Å². The maximum atomic E-state index is 12.9. The van der Waals surface area contributed by atoms with E-state index in [1.54, 1.807) is 48.5 Å². The molecule has 0 spiro atoms. The first-order valence-corrected chi connectivity index (χ1v) is 11.1. The van der Waals surface area contributed by atoms with Crippen molar-refractivity contribution in [2.75, 3.05) is 5.32 Å². The molecule has 5 aromatic rings. The monoisotopic (exact) mass is 468 g/mol. The molecule has 10 nitrogen and oxygen atoms in total. The van der Waals surface area contributed by atoms with Crippen LogP contribution >= 0.6 is 0 Å². The molecule has 0 radical (unpaired) electrons. The smallest absolute Gasteiger partial charge is 0.264 e. The SMILES string of the molecule is CC(C)Nc1ncc(-c2ccc3nc(Oc4ccnc(-c5cnn(C)c5)c4)ccc3n2)c(=O)n1C. The zero-order chi connectivity index (χ0) is 24.5. The Morgan fingerprint density at radius 2 is 1.74 bits per heavy atom. The highest BCUT2D eigenvalue weighted by Gasteiger charge is 2.13. The van der Waals surface area contributed by atoms with Gasteiger partial charge in [0.15, 0.2) is 0 Å². The van der Waals surface area contributed by atoms with Crippen molar-refractivity contribution in [3.63, 3.8) is 0 Å². The highest BCUT2D eigenvalue weighted by Crippen LogP contribution is 2.26. The molecule has 0 saturated carbocycles. The summed E-state index contributed by atoms with van der Waals surface area (Å²) in [7, 11) is 3.55. The molecule has 1 N–H and O–H groups in total. The number of hydrogen-bond acceptors (Lipinski definition) is 8. The van der Waals surface area contributed by atoms with E-state index in [9.17, 15) is 4.79 Å². The summed E-state index contributed by atoms with van der Waals surface area (Å²) in [6.07, 6.45) is 6.88. The molecule has 0 unspecified atom stereocenters. The fourth-order valence-electron chi connectivity index (χ4n) is 3.62. The number of fused-ring (bicyclic) bond motifs is 1. The number of nitrogens with zero attached hydrogens (tertiary/aromatic N) is 7. The summed E-state index contributed by atoms with van der Waals surface area (Å²) >= 11 is 0. The summed E-state index contributed by atoms with van der Waals surface area (Å²) in [5.41, 5.74) is 3.73. The summed E-state index contributed by atoms with van der Waals surface area (Å²) in [5.74, 6) is 1.55. The minimum atomic E-state index is -0.176. The van der Waals surface area contributed by atoms with E-state index in [4.69, 9.17) is 4.74 Å². The van der Waals surface area contributed by atoms with Crippen LogP contribution in [0.5, 0.6) is 11.6 Å². The maximum absolute atomic E-state index is 12.9. The first kappa shape index (κ1) is 22.2. The Morgan fingerprint density at radius 1 is 0.943 bits per heavy atom. The lowest BCUT2D eigenvalue weighted by Crippen LogP contribution is -2.25. The largest absolute Gasteiger partial charge is 0.439 e. The van der Waals surface area contributed by atoms with Crippen LogP contribution in [0.15, 0.2) is 66.0 Å². The van der Waals surface area contributed by atoms with Crippen LogP contribution < -0.4 is 15.6 Å². The third-order valence-electron chi connectivity index (χ3n) is 5.33. The molecule has 176 valence electrons. The topological polar surface area (TPSA) is 113 Å². The lowest BCUT2D eigenvalue weighted by Gasteiger charge is -2.13. The Bertz CT molecular complexity index is 1590. The maximum Gasteiger partial charge on any atom is 0.264 e. The molecule has 0 aliphatic heterocycles. The van der Waals surface area contributed by atoms with Crippen LogP contribution in [0.1, 0.15) is 13.8 Å². The molecular weight excluding hydrogens is 444 g/mol. The first-order valence-electron chi connectivity index (χ1n) is 11.1. The average molecular weight is 469 g/mol. The van der Waals surface area contributed by atoms with E-state index < -0.39 is 0 Å². The summed E-state index contributed by atoms with van der Waals surface area (Å²) in [5, 5.41) is 7.35. The van der Waals surface area contributed by atoms with Gasteiger partial charge in [0.2, 0.25) is 11.8 Å². The second kappa shape index (κ2) is 8.98. The molecular formula is C25H24N8O2. The Morgan fingerprint density at radius 3 is 2.51 bits per heavy atom. The van der Waals surface area contributed by atoms with Gasteiger partial charge in [0, 0.05) is 56.4 Å². The van der Waals surface area contributed by atoms with Gasteiger partial charge in [-0.25, -0.2) is 15.0 Å². The van der Waals surface area contributed by atoms with Crippen molar-refractivity contribution in [2.45, 2.75) is 19.9 Å². The highest BCUT2D eigenvalue weighted by atomic mass is 16.5. The molecule has 0 aliphatic carbocycles. The Balaban J connectivity index is 1.41. The molecule has 5 aromatic heterocycles. The number of pyridine rings is 3. The van der Waals surface area contributed by atoms with Crippen molar-refractivity contribution in [1.29, 1.82) is 0 Å². The van der Waals surface area contributed by atoms with Gasteiger partial charge in [-0.3, -0.25) is 19.0 Å². The van der Waals surface area contributed by atoms with Crippen molar-refractivity contribution < 1.29 is 4.74 Å².